The Bertz CT molecular complexity index is 1250. The van der Waals surface area contributed by atoms with Crippen molar-refractivity contribution in [2.75, 3.05) is 32.9 Å². The van der Waals surface area contributed by atoms with Crippen LogP contribution in [0.25, 0.3) is 0 Å². The molecular formula is C32H56N6O5S. The number of aromatic amines is 1. The number of H-pyrrole nitrogens is 1. The first-order valence-electron chi connectivity index (χ1n) is 14.6. The van der Waals surface area contributed by atoms with Crippen molar-refractivity contribution >= 4 is 22.7 Å². The molecule has 1 aromatic rings. The predicted octanol–water partition coefficient (Wildman–Crippen LogP) is 2.69. The molecular weight excluding hydrogens is 580 g/mol. The zero-order valence-electron chi connectivity index (χ0n) is 28.5. The fourth-order valence-electron chi connectivity index (χ4n) is 4.65. The Labute approximate surface area is 266 Å². The van der Waals surface area contributed by atoms with E-state index < -0.39 is 10.0 Å². The molecule has 1 unspecified atom stereocenters. The summed E-state index contributed by atoms with van der Waals surface area (Å²) < 4.78 is 18.8. The topological polar surface area (TPSA) is 169 Å². The zero-order valence-corrected chi connectivity index (χ0v) is 29.3. The minimum atomic E-state index is -3.17. The summed E-state index contributed by atoms with van der Waals surface area (Å²) in [4.78, 5) is 39.5. The third-order valence-electron chi connectivity index (χ3n) is 7.43. The molecule has 3 heterocycles. The number of hydrogen-bond donors (Lipinski definition) is 3. The number of carbonyl (C=O) groups is 2. The van der Waals surface area contributed by atoms with E-state index in [2.05, 4.69) is 94.6 Å². The Morgan fingerprint density at radius 3 is 2.20 bits per heavy atom. The number of nitrogens with two attached hydrogens (primary N) is 1. The fraction of sp³-hybridized carbons (Fsp3) is 0.688. The quantitative estimate of drug-likeness (QED) is 0.415. The third-order valence-corrected chi connectivity index (χ3v) is 7.43. The van der Waals surface area contributed by atoms with Gasteiger partial charge in [-0.1, -0.05) is 41.5 Å². The minimum Gasteiger partial charge on any atom is -0.342 e. The molecule has 11 nitrogen and oxygen atoms in total. The summed E-state index contributed by atoms with van der Waals surface area (Å²) in [5, 5.41) is 16.2. The second kappa shape index (κ2) is 19.4. The summed E-state index contributed by atoms with van der Waals surface area (Å²) in [7, 11) is -1.43. The third kappa shape index (κ3) is 16.7. The number of amides is 1. The Morgan fingerprint density at radius 1 is 1.30 bits per heavy atom. The highest BCUT2D eigenvalue weighted by atomic mass is 32.2. The number of likely N-dealkylation sites (tertiary alicyclic amines) is 1. The van der Waals surface area contributed by atoms with E-state index >= 15 is 0 Å². The van der Waals surface area contributed by atoms with Crippen molar-refractivity contribution in [1.82, 2.24) is 20.1 Å². The van der Waals surface area contributed by atoms with E-state index in [0.717, 1.165) is 44.5 Å². The van der Waals surface area contributed by atoms with E-state index in [0.29, 0.717) is 36.3 Å². The molecule has 0 saturated carbocycles. The summed E-state index contributed by atoms with van der Waals surface area (Å²) in [6, 6.07) is 4.32. The van der Waals surface area contributed by atoms with Crippen molar-refractivity contribution in [3.05, 3.63) is 33.2 Å². The number of nitriles is 1. The van der Waals surface area contributed by atoms with E-state index in [1.165, 1.54) is 5.56 Å². The van der Waals surface area contributed by atoms with Gasteiger partial charge in [-0.2, -0.15) is 5.26 Å². The highest BCUT2D eigenvalue weighted by Gasteiger charge is 2.38. The fourth-order valence-corrected chi connectivity index (χ4v) is 4.65. The molecule has 0 aliphatic carbocycles. The van der Waals surface area contributed by atoms with E-state index in [4.69, 9.17) is 10.1 Å². The van der Waals surface area contributed by atoms with Crippen LogP contribution in [0, 0.1) is 40.9 Å². The zero-order chi connectivity index (χ0) is 35.1. The van der Waals surface area contributed by atoms with Crippen LogP contribution in [0.4, 0.5) is 0 Å². The number of terminal acetylenes is 1. The Kier molecular flexibility index (Phi) is 19.0. The van der Waals surface area contributed by atoms with E-state index in [9.17, 15) is 18.0 Å². The minimum absolute atomic E-state index is 0.0581. The number of likely N-dealkylation sites (N-methyl/N-ethyl adjacent to an activating group) is 1. The second-order valence-corrected chi connectivity index (χ2v) is 15.0. The van der Waals surface area contributed by atoms with Crippen LogP contribution in [0.3, 0.4) is 0 Å². The number of fused-ring (bicyclic) bond motifs is 1. The molecule has 3 rings (SSSR count). The van der Waals surface area contributed by atoms with Gasteiger partial charge in [0.05, 0.1) is 18.4 Å². The Balaban J connectivity index is 0. The van der Waals surface area contributed by atoms with Gasteiger partial charge in [0.15, 0.2) is 0 Å². The van der Waals surface area contributed by atoms with Gasteiger partial charge in [0, 0.05) is 62.7 Å². The van der Waals surface area contributed by atoms with Crippen molar-refractivity contribution in [2.45, 2.75) is 93.3 Å². The molecule has 1 saturated heterocycles. The lowest BCUT2D eigenvalue weighted by Crippen LogP contribution is -2.38. The van der Waals surface area contributed by atoms with Crippen molar-refractivity contribution in [3.8, 4) is 18.9 Å². The van der Waals surface area contributed by atoms with Crippen LogP contribution in [0.15, 0.2) is 10.9 Å². The number of nitrogens with one attached hydrogen (secondary N) is 2. The van der Waals surface area contributed by atoms with Crippen LogP contribution < -0.4 is 16.0 Å². The number of rotatable bonds is 5. The highest BCUT2D eigenvalue weighted by Crippen LogP contribution is 2.35. The molecule has 1 amide bonds. The van der Waals surface area contributed by atoms with Crippen molar-refractivity contribution in [1.29, 1.82) is 5.26 Å². The van der Waals surface area contributed by atoms with Crippen LogP contribution in [0.1, 0.15) is 78.6 Å². The maximum atomic E-state index is 12.1. The van der Waals surface area contributed by atoms with Gasteiger partial charge < -0.3 is 20.0 Å². The molecule has 44 heavy (non-hydrogen) atoms. The first-order valence-corrected chi connectivity index (χ1v) is 16.5. The van der Waals surface area contributed by atoms with Gasteiger partial charge >= 0.3 is 0 Å². The van der Waals surface area contributed by atoms with E-state index in [1.807, 2.05) is 17.8 Å². The summed E-state index contributed by atoms with van der Waals surface area (Å²) >= 11 is 0. The first-order chi connectivity index (χ1) is 20.2. The number of nitrogens with zero attached hydrogens (tertiary/aromatic N) is 3. The second-order valence-electron chi connectivity index (χ2n) is 13.3. The van der Waals surface area contributed by atoms with Crippen LogP contribution in [-0.4, -0.2) is 80.9 Å². The van der Waals surface area contributed by atoms with Gasteiger partial charge in [-0.25, -0.2) is 13.6 Å². The standard InChI is InChI=1S/C15H22N4O.C13H25NO.C2H2.CH5NO2S.CH2O/c1-10(2)19-5-4-14-12(9-19)6-11(15(20)18-14)7-13(8-16)17-3;1-10-8-14(9-13(10,5)6)11(15)7-12(2,3)4;1-2;1-5(2,3)4;1-2/h6,10,13,17H,4-5,7,9H2,1-3H3,(H,18,20);10H,7-9H2,1-6H3;1-2H;1H3,(H2,2,3,4);1H2/t;10-;;;/m.1.../s1. The smallest absolute Gasteiger partial charge is 0.251 e. The van der Waals surface area contributed by atoms with Gasteiger partial charge in [-0.3, -0.25) is 14.5 Å². The molecule has 0 spiro atoms. The molecule has 0 radical (unpaired) electrons. The van der Waals surface area contributed by atoms with Crippen molar-refractivity contribution in [3.63, 3.8) is 0 Å². The molecule has 1 aromatic heterocycles. The molecule has 0 aromatic carbocycles. The SMILES string of the molecule is C#C.C=O.CNC(C#N)Cc1cc2c([nH]c1=O)CCN(C(C)C)C2.CS(N)(=O)=O.C[C@@H]1CN(C(=O)CC(C)(C)C)CC1(C)C. The van der Waals surface area contributed by atoms with Gasteiger partial charge in [-0.05, 0) is 49.3 Å². The number of hydrogen-bond acceptors (Lipinski definition) is 8. The Hall–Kier alpha value is -3.03. The monoisotopic (exact) mass is 636 g/mol. The predicted molar refractivity (Wildman–Crippen MR) is 178 cm³/mol. The molecule has 2 aliphatic heterocycles. The summed E-state index contributed by atoms with van der Waals surface area (Å²) in [5.74, 6) is 0.932. The number of pyridine rings is 1. The van der Waals surface area contributed by atoms with Crippen LogP contribution in [-0.2, 0) is 39.0 Å². The molecule has 4 N–H and O–H groups in total. The van der Waals surface area contributed by atoms with Crippen LogP contribution >= 0.6 is 0 Å². The average Bonchev–Trinajstić information content (AvgIpc) is 3.20. The summed E-state index contributed by atoms with van der Waals surface area (Å²) in [6.07, 6.45) is 10.9. The molecule has 250 valence electrons. The number of primary sulfonamides is 1. The number of aromatic nitrogens is 1. The van der Waals surface area contributed by atoms with E-state index in [1.54, 1.807) is 7.05 Å². The first kappa shape index (κ1) is 43.1. The van der Waals surface area contributed by atoms with Gasteiger partial charge in [0.1, 0.15) is 6.79 Å². The highest BCUT2D eigenvalue weighted by molar-refractivity contribution is 7.88. The molecule has 0 bridgehead atoms. The normalized spacial score (nSPS) is 17.8. The van der Waals surface area contributed by atoms with Crippen LogP contribution in [0.5, 0.6) is 0 Å². The lowest BCUT2D eigenvalue weighted by Gasteiger charge is -2.31. The number of carbonyl (C=O) groups excluding carboxylic acids is 2. The maximum absolute atomic E-state index is 12.1. The van der Waals surface area contributed by atoms with Crippen molar-refractivity contribution < 1.29 is 18.0 Å². The van der Waals surface area contributed by atoms with Crippen LogP contribution in [0.2, 0.25) is 0 Å². The largest absolute Gasteiger partial charge is 0.342 e. The lowest BCUT2D eigenvalue weighted by molar-refractivity contribution is -0.132. The average molecular weight is 637 g/mol. The molecule has 2 aliphatic rings. The Morgan fingerprint density at radius 2 is 1.82 bits per heavy atom. The summed E-state index contributed by atoms with van der Waals surface area (Å²) in [5.41, 5.74) is 3.26. The lowest BCUT2D eigenvalue weighted by atomic mass is 9.84. The number of sulfonamides is 1. The molecule has 12 heteroatoms. The van der Waals surface area contributed by atoms with Gasteiger partial charge in [-0.15, -0.1) is 12.8 Å². The molecule has 1 fully saturated rings. The van der Waals surface area contributed by atoms with Crippen molar-refractivity contribution in [2.24, 2.45) is 21.9 Å². The van der Waals surface area contributed by atoms with E-state index in [-0.39, 0.29) is 22.4 Å². The maximum Gasteiger partial charge on any atom is 0.251 e. The molecule has 2 atom stereocenters. The summed E-state index contributed by atoms with van der Waals surface area (Å²) in [6.45, 7) is 23.2. The van der Waals surface area contributed by atoms with Gasteiger partial charge in [0.2, 0.25) is 15.9 Å². The van der Waals surface area contributed by atoms with Gasteiger partial charge in [0.25, 0.3) is 5.56 Å².